The maximum Gasteiger partial charge on any atom is 0.192 e. The second-order valence-corrected chi connectivity index (χ2v) is 24.9. The Hall–Kier alpha value is -11.6. The molecule has 3 heterocycles. The number of pyridine rings is 1. The van der Waals surface area contributed by atoms with Crippen molar-refractivity contribution in [1.82, 2.24) is 14.1 Å². The van der Waals surface area contributed by atoms with Crippen molar-refractivity contribution in [2.24, 2.45) is 0 Å². The molecule has 1 N–H and O–H groups in total. The van der Waals surface area contributed by atoms with Crippen molar-refractivity contribution in [1.29, 1.82) is 5.15 Å². The molecule has 0 saturated heterocycles. The van der Waals surface area contributed by atoms with E-state index in [9.17, 15) is 0 Å². The number of nitrogens with one attached hydrogen (secondary N) is 1. The van der Waals surface area contributed by atoms with Gasteiger partial charge >= 0.3 is 0 Å². The van der Waals surface area contributed by atoms with Crippen LogP contribution < -0.4 is 9.80 Å². The molecular weight excluding hydrogens is 1470 g/mol. The van der Waals surface area contributed by atoms with Crippen LogP contribution in [0, 0.1) is 18.1 Å². The fraction of sp³-hybridized carbons (Fsp3) is 0.0215. The van der Waals surface area contributed by atoms with Crippen LogP contribution in [0.25, 0.3) is 110 Å². The van der Waals surface area contributed by atoms with Crippen molar-refractivity contribution < 1.29 is 21.5 Å². The van der Waals surface area contributed by atoms with Gasteiger partial charge in [-0.1, -0.05) is 248 Å². The topological polar surface area (TPSA) is 53.1 Å². The average Bonchev–Trinajstić information content (AvgIpc) is 1.65. The first-order valence-electron chi connectivity index (χ1n) is 34.5. The minimum absolute atomic E-state index is 0. The SMILES string of the molecule is Cc1cccnc1-c1[c-]cccc1.[2H]N=P.[B]CP.[Ir].c1ccc(N(c2ccc(-c3ccc(N(c4ccccc4)c4cccc5ccccc45)cc3)cc2)c2cccc3ccccc23)cc1.c1ccc2c(c1)c1ccccc1n2-c1ccc(-c2ccc(-n3c4ccccc4c4ccccc43)cc2)cc1. The quantitative estimate of drug-likeness (QED) is 0.0798. The molecule has 0 fully saturated rings. The first kappa shape index (κ1) is 68.5. The molecule has 0 amide bonds. The van der Waals surface area contributed by atoms with Crippen molar-refractivity contribution in [3.8, 4) is 44.9 Å². The molecule has 0 aliphatic carbocycles. The van der Waals surface area contributed by atoms with E-state index in [2.05, 4.69) is 406 Å². The molecule has 1 unspecified atom stereocenters. The summed E-state index contributed by atoms with van der Waals surface area (Å²) in [6.45, 7) is 2.06. The van der Waals surface area contributed by atoms with E-state index in [-0.39, 0.29) is 20.1 Å². The van der Waals surface area contributed by atoms with Gasteiger partial charge in [0.1, 0.15) is 0 Å². The zero-order valence-electron chi connectivity index (χ0n) is 57.8. The second-order valence-electron chi connectivity index (χ2n) is 24.4. The molecular formula is C93H72BIrN6P2-. The molecule has 0 spiro atoms. The van der Waals surface area contributed by atoms with Gasteiger partial charge in [0.05, 0.1) is 41.3 Å². The monoisotopic (exact) mass is 1540 g/mol. The van der Waals surface area contributed by atoms with Crippen LogP contribution >= 0.6 is 18.3 Å². The summed E-state index contributed by atoms with van der Waals surface area (Å²) in [5.41, 5.74) is 22.1. The number of hydrogen-bond acceptors (Lipinski definition) is 4. The van der Waals surface area contributed by atoms with Crippen LogP contribution in [0.1, 0.15) is 5.56 Å². The van der Waals surface area contributed by atoms with Crippen molar-refractivity contribution in [2.45, 2.75) is 6.92 Å². The summed E-state index contributed by atoms with van der Waals surface area (Å²) in [6.07, 6.45) is 1.81. The summed E-state index contributed by atoms with van der Waals surface area (Å²) in [5, 5.41) is 12.6. The molecule has 18 rings (SSSR count). The average molecular weight is 1540 g/mol. The number of aryl methyl sites for hydroxylation is 1. The van der Waals surface area contributed by atoms with E-state index in [4.69, 9.17) is 9.26 Å². The molecule has 0 aliphatic rings. The van der Waals surface area contributed by atoms with Gasteiger partial charge in [0, 0.05) is 92.7 Å². The number of aromatic nitrogens is 3. The zero-order valence-corrected chi connectivity index (χ0v) is 61.3. The van der Waals surface area contributed by atoms with Gasteiger partial charge in [-0.05, 0) is 170 Å². The number of para-hydroxylation sites is 6. The number of rotatable bonds is 11. The van der Waals surface area contributed by atoms with Crippen LogP contribution in [0.2, 0.25) is 1.41 Å². The Labute approximate surface area is 623 Å². The number of benzene rings is 15. The van der Waals surface area contributed by atoms with E-state index in [1.54, 1.807) is 0 Å². The maximum absolute atomic E-state index is 5.75. The van der Waals surface area contributed by atoms with E-state index in [0.29, 0.717) is 6.06 Å². The smallest absolute Gasteiger partial charge is 0.192 e. The molecule has 0 aliphatic heterocycles. The summed E-state index contributed by atoms with van der Waals surface area (Å²) in [4.78, 5) is 9.01. The largest absolute Gasteiger partial charge is 0.310 e. The van der Waals surface area contributed by atoms with Crippen LogP contribution in [-0.2, 0) is 20.1 Å². The molecule has 15 aromatic carbocycles. The van der Waals surface area contributed by atoms with E-state index in [1.165, 1.54) is 104 Å². The molecule has 497 valence electrons. The Kier molecular flexibility index (Phi) is 22.1. The molecule has 10 heteroatoms. The Bertz CT molecular complexity index is 5430. The number of anilines is 6. The van der Waals surface area contributed by atoms with E-state index in [1.807, 2.05) is 36.5 Å². The Morgan fingerprint density at radius 3 is 1.05 bits per heavy atom. The van der Waals surface area contributed by atoms with Gasteiger partial charge in [-0.2, -0.15) is 0 Å². The van der Waals surface area contributed by atoms with Gasteiger partial charge in [0.25, 0.3) is 0 Å². The molecule has 6 nitrogen and oxygen atoms in total. The molecule has 3 aromatic heterocycles. The van der Waals surface area contributed by atoms with Crippen LogP contribution in [-0.4, -0.2) is 28.0 Å². The van der Waals surface area contributed by atoms with Crippen LogP contribution in [0.15, 0.2) is 382 Å². The minimum Gasteiger partial charge on any atom is -0.310 e. The van der Waals surface area contributed by atoms with Gasteiger partial charge in [-0.3, -0.25) is 5.15 Å². The van der Waals surface area contributed by atoms with Crippen LogP contribution in [0.3, 0.4) is 0 Å². The number of nitrogens with zero attached hydrogens (tertiary/aromatic N) is 5. The molecule has 1 atom stereocenters. The summed E-state index contributed by atoms with van der Waals surface area (Å²) in [7, 11) is 9.64. The van der Waals surface area contributed by atoms with Gasteiger partial charge in [0.15, 0.2) is 1.41 Å². The fourth-order valence-electron chi connectivity index (χ4n) is 13.7. The van der Waals surface area contributed by atoms with Gasteiger partial charge < -0.3 is 23.9 Å². The van der Waals surface area contributed by atoms with Gasteiger partial charge in [-0.15, -0.1) is 45.1 Å². The molecule has 3 radical (unpaired) electrons. The summed E-state index contributed by atoms with van der Waals surface area (Å²) < 4.78 is 10.5. The third-order valence-electron chi connectivity index (χ3n) is 18.3. The third kappa shape index (κ3) is 15.0. The van der Waals surface area contributed by atoms with Crippen LogP contribution in [0.4, 0.5) is 34.1 Å². The maximum atomic E-state index is 5.75. The van der Waals surface area contributed by atoms with Crippen molar-refractivity contribution in [2.75, 3.05) is 15.9 Å². The first-order valence-corrected chi connectivity index (χ1v) is 35.3. The molecule has 103 heavy (non-hydrogen) atoms. The van der Waals surface area contributed by atoms with Crippen molar-refractivity contribution in [3.05, 3.63) is 394 Å². The van der Waals surface area contributed by atoms with Crippen molar-refractivity contribution >= 4 is 125 Å². The van der Waals surface area contributed by atoms with E-state index in [0.717, 1.165) is 45.4 Å². The Balaban J connectivity index is 0.000000148. The second kappa shape index (κ2) is 33.3. The summed E-state index contributed by atoms with van der Waals surface area (Å²) in [5.74, 6) is 0. The number of fused-ring (bicyclic) bond motifs is 8. The summed E-state index contributed by atoms with van der Waals surface area (Å²) >= 11 is 0. The van der Waals surface area contributed by atoms with Gasteiger partial charge in [-0.25, -0.2) is 0 Å². The zero-order chi connectivity index (χ0) is 70.3. The first-order chi connectivity index (χ1) is 50.9. The van der Waals surface area contributed by atoms with E-state index < -0.39 is 0 Å². The standard InChI is InChI=1S/C44H32N2.C36H24N2.C12H10N.CH4BP.Ir.H2NP/c1-3-17-37(18-4-1)45(43-23-11-15-35-13-7-9-21-41(35)43)39-29-25-33(26-30-39)34-27-31-40(32-28-34)46(38-19-5-2-6-20-38)44-24-12-16-36-14-8-10-22-42(36)44;1-5-13-33-29(9-1)30-10-2-6-14-34(30)37(33)27-21-17-25(18-22-27)26-19-23-28(24-20-26)38-35-15-7-3-11-31(35)32-12-4-8-16-36(32)38;1-10-6-5-9-13-12(10)11-7-3-2-4-8-11;2-1-3;;1-2/h1-32H;1-24H;2-7,9H,1H3;1,3H2;;1-2H/q;;-1;;;/i/hD. The van der Waals surface area contributed by atoms with Crippen LogP contribution in [0.5, 0.6) is 0 Å². The fourth-order valence-corrected chi connectivity index (χ4v) is 13.7. The Morgan fingerprint density at radius 2 is 0.689 bits per heavy atom. The summed E-state index contributed by atoms with van der Waals surface area (Å²) in [6, 6.07) is 137. The molecule has 18 aromatic rings. The Morgan fingerprint density at radius 1 is 0.379 bits per heavy atom. The predicted molar refractivity (Wildman–Crippen MR) is 441 cm³/mol. The number of hydrogen-bond donors (Lipinski definition) is 1. The van der Waals surface area contributed by atoms with E-state index >= 15 is 0 Å². The van der Waals surface area contributed by atoms with Crippen molar-refractivity contribution in [3.63, 3.8) is 0 Å². The normalized spacial score (nSPS) is 10.8. The predicted octanol–water partition coefficient (Wildman–Crippen LogP) is 25.9. The molecule has 0 bridgehead atoms. The third-order valence-corrected chi connectivity index (χ3v) is 18.3. The molecule has 0 saturated carbocycles. The minimum atomic E-state index is 0. The van der Waals surface area contributed by atoms with Gasteiger partial charge in [0.2, 0.25) is 0 Å².